The van der Waals surface area contributed by atoms with Gasteiger partial charge in [0.25, 0.3) is 0 Å². The predicted octanol–water partition coefficient (Wildman–Crippen LogP) is 2.24. The summed E-state index contributed by atoms with van der Waals surface area (Å²) in [5.41, 5.74) is -0.958. The summed E-state index contributed by atoms with van der Waals surface area (Å²) in [4.78, 5) is 11.7. The largest absolute Gasteiger partial charge is 0.452 e. The number of aromatic nitrogens is 3. The Kier molecular flexibility index (Phi) is 2.94. The van der Waals surface area contributed by atoms with Crippen LogP contribution in [0.25, 0.3) is 5.69 Å². The Hall–Kier alpha value is -1.76. The molecule has 0 N–H and O–H groups in total. The van der Waals surface area contributed by atoms with Crippen LogP contribution in [-0.2, 0) is 13.2 Å². The number of aryl methyl sites for hydroxylation is 1. The van der Waals surface area contributed by atoms with Gasteiger partial charge in [-0.3, -0.25) is 0 Å². The Balaban J connectivity index is 2.80. The van der Waals surface area contributed by atoms with Gasteiger partial charge in [-0.25, -0.2) is 14.0 Å². The molecule has 0 aliphatic carbocycles. The van der Waals surface area contributed by atoms with Crippen LogP contribution in [0, 0.1) is 0 Å². The molecule has 0 unspecified atom stereocenters. The predicted molar refractivity (Wildman–Crippen MR) is 58.8 cm³/mol. The van der Waals surface area contributed by atoms with E-state index in [1.54, 1.807) is 6.07 Å². The Bertz CT molecular complexity index is 645. The second kappa shape index (κ2) is 4.16. The zero-order chi connectivity index (χ0) is 13.5. The van der Waals surface area contributed by atoms with Crippen LogP contribution in [0.4, 0.5) is 13.2 Å². The second-order valence-corrected chi connectivity index (χ2v) is 3.92. The van der Waals surface area contributed by atoms with Crippen molar-refractivity contribution in [1.82, 2.24) is 14.3 Å². The number of benzene rings is 1. The molecular formula is C10H7ClF3N3O. The van der Waals surface area contributed by atoms with E-state index in [9.17, 15) is 18.0 Å². The van der Waals surface area contributed by atoms with Crippen LogP contribution in [0.15, 0.2) is 29.1 Å². The van der Waals surface area contributed by atoms with Gasteiger partial charge in [-0.15, -0.1) is 5.10 Å². The molecule has 0 atom stereocenters. The zero-order valence-electron chi connectivity index (χ0n) is 9.07. The van der Waals surface area contributed by atoms with E-state index >= 15 is 0 Å². The number of hydrogen-bond acceptors (Lipinski definition) is 2. The van der Waals surface area contributed by atoms with E-state index in [1.807, 2.05) is 0 Å². The van der Waals surface area contributed by atoms with E-state index in [0.29, 0.717) is 9.25 Å². The molecule has 0 saturated carbocycles. The Morgan fingerprint density at radius 3 is 2.44 bits per heavy atom. The topological polar surface area (TPSA) is 39.8 Å². The molecule has 0 radical (unpaired) electrons. The lowest BCUT2D eigenvalue weighted by molar-refractivity contribution is -0.146. The lowest BCUT2D eigenvalue weighted by Crippen LogP contribution is -2.24. The highest BCUT2D eigenvalue weighted by molar-refractivity contribution is 6.32. The van der Waals surface area contributed by atoms with Crippen molar-refractivity contribution in [3.05, 3.63) is 45.6 Å². The van der Waals surface area contributed by atoms with Crippen molar-refractivity contribution in [3.8, 4) is 5.69 Å². The number of rotatable bonds is 1. The Morgan fingerprint density at radius 1 is 1.28 bits per heavy atom. The van der Waals surface area contributed by atoms with Crippen molar-refractivity contribution >= 4 is 11.6 Å². The molecule has 0 aliphatic heterocycles. The van der Waals surface area contributed by atoms with Crippen LogP contribution in [0.5, 0.6) is 0 Å². The summed E-state index contributed by atoms with van der Waals surface area (Å²) in [6, 6.07) is 5.76. The van der Waals surface area contributed by atoms with Gasteiger partial charge in [0.2, 0.25) is 5.82 Å². The SMILES string of the molecule is Cn1nc(C(F)(F)F)n(-c2ccccc2Cl)c1=O. The van der Waals surface area contributed by atoms with Gasteiger partial charge in [-0.1, -0.05) is 23.7 Å². The molecule has 1 aromatic heterocycles. The third-order valence-electron chi connectivity index (χ3n) is 2.27. The zero-order valence-corrected chi connectivity index (χ0v) is 9.83. The molecule has 8 heteroatoms. The van der Waals surface area contributed by atoms with E-state index in [2.05, 4.69) is 5.10 Å². The maximum absolute atomic E-state index is 12.8. The summed E-state index contributed by atoms with van der Waals surface area (Å²) in [5, 5.41) is 3.22. The van der Waals surface area contributed by atoms with Gasteiger partial charge in [0, 0.05) is 7.05 Å². The Morgan fingerprint density at radius 2 is 1.89 bits per heavy atom. The molecule has 4 nitrogen and oxygen atoms in total. The smallest absolute Gasteiger partial charge is 0.246 e. The number of alkyl halides is 3. The maximum atomic E-state index is 12.8. The van der Waals surface area contributed by atoms with E-state index in [-0.39, 0.29) is 10.7 Å². The second-order valence-electron chi connectivity index (χ2n) is 3.51. The number of halogens is 4. The normalized spacial score (nSPS) is 11.8. The van der Waals surface area contributed by atoms with Crippen molar-refractivity contribution in [2.75, 3.05) is 0 Å². The van der Waals surface area contributed by atoms with Crippen LogP contribution in [-0.4, -0.2) is 14.3 Å². The number of nitrogens with zero attached hydrogens (tertiary/aromatic N) is 3. The molecule has 0 saturated heterocycles. The molecule has 2 rings (SSSR count). The molecule has 1 heterocycles. The first-order valence-corrected chi connectivity index (χ1v) is 5.18. The quantitative estimate of drug-likeness (QED) is 0.802. The fraction of sp³-hybridized carbons (Fsp3) is 0.200. The summed E-state index contributed by atoms with van der Waals surface area (Å²) in [6.07, 6.45) is -4.74. The maximum Gasteiger partial charge on any atom is 0.452 e. The summed E-state index contributed by atoms with van der Waals surface area (Å²) in [7, 11) is 1.14. The summed E-state index contributed by atoms with van der Waals surface area (Å²) < 4.78 is 39.4. The third-order valence-corrected chi connectivity index (χ3v) is 2.59. The molecule has 0 amide bonds. The third kappa shape index (κ3) is 2.01. The van der Waals surface area contributed by atoms with Crippen molar-refractivity contribution in [2.24, 2.45) is 7.05 Å². The van der Waals surface area contributed by atoms with Gasteiger partial charge < -0.3 is 0 Å². The van der Waals surface area contributed by atoms with Crippen LogP contribution in [0.3, 0.4) is 0 Å². The van der Waals surface area contributed by atoms with Crippen LogP contribution >= 0.6 is 11.6 Å². The van der Waals surface area contributed by atoms with E-state index < -0.39 is 17.7 Å². The molecule has 0 spiro atoms. The van der Waals surface area contributed by atoms with Crippen molar-refractivity contribution in [1.29, 1.82) is 0 Å². The first-order chi connectivity index (χ1) is 8.32. The van der Waals surface area contributed by atoms with Gasteiger partial charge in [-0.2, -0.15) is 13.2 Å². The highest BCUT2D eigenvalue weighted by Gasteiger charge is 2.39. The lowest BCUT2D eigenvalue weighted by atomic mass is 10.3. The molecular weight excluding hydrogens is 271 g/mol. The van der Waals surface area contributed by atoms with Gasteiger partial charge in [0.1, 0.15) is 0 Å². The number of hydrogen-bond donors (Lipinski definition) is 0. The van der Waals surface area contributed by atoms with E-state index in [0.717, 1.165) is 7.05 Å². The van der Waals surface area contributed by atoms with Gasteiger partial charge in [0.05, 0.1) is 10.7 Å². The van der Waals surface area contributed by atoms with Crippen molar-refractivity contribution in [3.63, 3.8) is 0 Å². The molecule has 0 aliphatic rings. The molecule has 96 valence electrons. The lowest BCUT2D eigenvalue weighted by Gasteiger charge is -2.09. The monoisotopic (exact) mass is 277 g/mol. The molecule has 2 aromatic rings. The van der Waals surface area contributed by atoms with Gasteiger partial charge in [0.15, 0.2) is 0 Å². The highest BCUT2D eigenvalue weighted by Crippen LogP contribution is 2.30. The first-order valence-electron chi connectivity index (χ1n) is 4.80. The fourth-order valence-electron chi connectivity index (χ4n) is 1.50. The summed E-state index contributed by atoms with van der Waals surface area (Å²) in [6.45, 7) is 0. The van der Waals surface area contributed by atoms with Gasteiger partial charge >= 0.3 is 11.9 Å². The van der Waals surface area contributed by atoms with Crippen LogP contribution < -0.4 is 5.69 Å². The minimum Gasteiger partial charge on any atom is -0.246 e. The fourth-order valence-corrected chi connectivity index (χ4v) is 1.72. The molecule has 0 fully saturated rings. The molecule has 1 aromatic carbocycles. The first kappa shape index (κ1) is 12.7. The molecule has 0 bridgehead atoms. The van der Waals surface area contributed by atoms with Gasteiger partial charge in [-0.05, 0) is 12.1 Å². The summed E-state index contributed by atoms with van der Waals surface area (Å²) >= 11 is 5.80. The standard InChI is InChI=1S/C10H7ClF3N3O/c1-16-9(18)17(8(15-16)10(12,13)14)7-5-3-2-4-6(7)11/h2-5H,1H3. The minimum atomic E-state index is -4.74. The molecule has 18 heavy (non-hydrogen) atoms. The Labute approximate surface area is 104 Å². The van der Waals surface area contributed by atoms with Crippen molar-refractivity contribution in [2.45, 2.75) is 6.18 Å². The van der Waals surface area contributed by atoms with Crippen LogP contribution in [0.2, 0.25) is 5.02 Å². The summed E-state index contributed by atoms with van der Waals surface area (Å²) in [5.74, 6) is -1.30. The number of para-hydroxylation sites is 1. The minimum absolute atomic E-state index is 0.0399. The van der Waals surface area contributed by atoms with Crippen LogP contribution in [0.1, 0.15) is 5.82 Å². The average molecular weight is 278 g/mol. The van der Waals surface area contributed by atoms with Crippen molar-refractivity contribution < 1.29 is 13.2 Å². The average Bonchev–Trinajstić information content (AvgIpc) is 2.57. The van der Waals surface area contributed by atoms with E-state index in [4.69, 9.17) is 11.6 Å². The highest BCUT2D eigenvalue weighted by atomic mass is 35.5. The van der Waals surface area contributed by atoms with E-state index in [1.165, 1.54) is 18.2 Å².